The monoisotopic (exact) mass is 341 g/mol. The number of rotatable bonds is 7. The third kappa shape index (κ3) is 5.49. The summed E-state index contributed by atoms with van der Waals surface area (Å²) in [7, 11) is 0. The molecule has 0 radical (unpaired) electrons. The zero-order valence-electron chi connectivity index (χ0n) is 13.4. The largest absolute Gasteiger partial charge is 0.489 e. The third-order valence-electron chi connectivity index (χ3n) is 3.76. The van der Waals surface area contributed by atoms with E-state index in [-0.39, 0.29) is 6.10 Å². The Bertz CT molecular complexity index is 526. The Kier molecular flexibility index (Phi) is 7.07. The summed E-state index contributed by atoms with van der Waals surface area (Å²) in [4.78, 5) is 0. The third-order valence-corrected chi connectivity index (χ3v) is 4.26. The molecule has 122 valence electrons. The predicted molar refractivity (Wildman–Crippen MR) is 95.1 cm³/mol. The standard InChI is InChI=1S/C18H25Cl2NO/c1-13(2)22-18-15(10-16(19)11-17(18)20)12-21-9-8-14-6-4-3-5-7-14/h6,10-11,13,21H,3-5,7-9,12H2,1-2H3. The van der Waals surface area contributed by atoms with Gasteiger partial charge in [0.2, 0.25) is 0 Å². The highest BCUT2D eigenvalue weighted by molar-refractivity contribution is 6.35. The molecule has 2 rings (SSSR count). The van der Waals surface area contributed by atoms with Crippen LogP contribution >= 0.6 is 23.2 Å². The quantitative estimate of drug-likeness (QED) is 0.502. The van der Waals surface area contributed by atoms with E-state index >= 15 is 0 Å². The molecule has 0 heterocycles. The van der Waals surface area contributed by atoms with Gasteiger partial charge in [-0.25, -0.2) is 0 Å². The van der Waals surface area contributed by atoms with Crippen LogP contribution in [0.4, 0.5) is 0 Å². The van der Waals surface area contributed by atoms with Crippen molar-refractivity contribution >= 4 is 23.2 Å². The number of ether oxygens (including phenoxy) is 1. The SMILES string of the molecule is CC(C)Oc1c(Cl)cc(Cl)cc1CNCCC1=CCCCC1. The van der Waals surface area contributed by atoms with E-state index in [1.54, 1.807) is 11.6 Å². The normalized spacial score (nSPS) is 15.0. The lowest BCUT2D eigenvalue weighted by Crippen LogP contribution is -2.17. The Balaban J connectivity index is 1.92. The van der Waals surface area contributed by atoms with Crippen LogP contribution in [0.25, 0.3) is 0 Å². The van der Waals surface area contributed by atoms with Crippen LogP contribution in [0.15, 0.2) is 23.8 Å². The topological polar surface area (TPSA) is 21.3 Å². The molecule has 0 amide bonds. The van der Waals surface area contributed by atoms with Gasteiger partial charge >= 0.3 is 0 Å². The van der Waals surface area contributed by atoms with Crippen molar-refractivity contribution in [2.24, 2.45) is 0 Å². The maximum atomic E-state index is 6.27. The van der Waals surface area contributed by atoms with Crippen LogP contribution in [0.5, 0.6) is 5.75 Å². The molecule has 0 saturated heterocycles. The highest BCUT2D eigenvalue weighted by Crippen LogP contribution is 2.33. The predicted octanol–water partition coefficient (Wildman–Crippen LogP) is 5.76. The van der Waals surface area contributed by atoms with E-state index in [1.165, 1.54) is 25.7 Å². The zero-order chi connectivity index (χ0) is 15.9. The molecule has 1 aliphatic carbocycles. The second-order valence-corrected chi connectivity index (χ2v) is 6.92. The number of benzene rings is 1. The van der Waals surface area contributed by atoms with Crippen molar-refractivity contribution in [1.29, 1.82) is 0 Å². The van der Waals surface area contributed by atoms with Gasteiger partial charge in [-0.15, -0.1) is 0 Å². The van der Waals surface area contributed by atoms with E-state index in [1.807, 2.05) is 19.9 Å². The second kappa shape index (κ2) is 8.81. The molecule has 0 aliphatic heterocycles. The number of hydrogen-bond donors (Lipinski definition) is 1. The first-order valence-corrected chi connectivity index (χ1v) is 8.85. The summed E-state index contributed by atoms with van der Waals surface area (Å²) in [5, 5.41) is 4.70. The number of allylic oxidation sites excluding steroid dienone is 1. The lowest BCUT2D eigenvalue weighted by molar-refractivity contribution is 0.239. The van der Waals surface area contributed by atoms with E-state index < -0.39 is 0 Å². The van der Waals surface area contributed by atoms with E-state index in [9.17, 15) is 0 Å². The van der Waals surface area contributed by atoms with Gasteiger partial charge < -0.3 is 10.1 Å². The first-order chi connectivity index (χ1) is 10.6. The summed E-state index contributed by atoms with van der Waals surface area (Å²) in [5.74, 6) is 0.741. The van der Waals surface area contributed by atoms with Crippen molar-refractivity contribution < 1.29 is 4.74 Å². The molecule has 0 bridgehead atoms. The van der Waals surface area contributed by atoms with Crippen molar-refractivity contribution in [1.82, 2.24) is 5.32 Å². The molecule has 1 aliphatic rings. The van der Waals surface area contributed by atoms with Crippen LogP contribution in [0.3, 0.4) is 0 Å². The maximum absolute atomic E-state index is 6.27. The molecule has 0 saturated carbocycles. The van der Waals surface area contributed by atoms with Crippen molar-refractivity contribution in [3.8, 4) is 5.75 Å². The fraction of sp³-hybridized carbons (Fsp3) is 0.556. The average Bonchev–Trinajstić information content (AvgIpc) is 2.47. The van der Waals surface area contributed by atoms with Crippen molar-refractivity contribution in [2.75, 3.05) is 6.54 Å². The van der Waals surface area contributed by atoms with Gasteiger partial charge in [0, 0.05) is 17.1 Å². The summed E-state index contributed by atoms with van der Waals surface area (Å²) in [6.07, 6.45) is 8.78. The summed E-state index contributed by atoms with van der Waals surface area (Å²) in [6.45, 7) is 5.68. The first kappa shape index (κ1) is 17.7. The van der Waals surface area contributed by atoms with E-state index in [4.69, 9.17) is 27.9 Å². The van der Waals surface area contributed by atoms with Crippen molar-refractivity contribution in [2.45, 2.75) is 58.6 Å². The minimum Gasteiger partial charge on any atom is -0.489 e. The van der Waals surface area contributed by atoms with Crippen LogP contribution in [0.2, 0.25) is 10.0 Å². The summed E-state index contributed by atoms with van der Waals surface area (Å²) in [6, 6.07) is 3.66. The van der Waals surface area contributed by atoms with Gasteiger partial charge in [0.25, 0.3) is 0 Å². The van der Waals surface area contributed by atoms with Crippen LogP contribution in [0, 0.1) is 0 Å². The lowest BCUT2D eigenvalue weighted by Gasteiger charge is -2.17. The van der Waals surface area contributed by atoms with Gasteiger partial charge in [-0.05, 0) is 64.6 Å². The number of nitrogens with one attached hydrogen (secondary N) is 1. The first-order valence-electron chi connectivity index (χ1n) is 8.09. The Morgan fingerprint density at radius 1 is 1.23 bits per heavy atom. The van der Waals surface area contributed by atoms with Gasteiger partial charge in [-0.3, -0.25) is 0 Å². The van der Waals surface area contributed by atoms with Gasteiger partial charge in [0.1, 0.15) is 5.75 Å². The molecule has 0 spiro atoms. The van der Waals surface area contributed by atoms with Crippen LogP contribution in [-0.2, 0) is 6.54 Å². The molecule has 0 fully saturated rings. The fourth-order valence-corrected chi connectivity index (χ4v) is 3.30. The maximum Gasteiger partial charge on any atom is 0.142 e. The molecule has 2 nitrogen and oxygen atoms in total. The highest BCUT2D eigenvalue weighted by Gasteiger charge is 2.12. The Hall–Kier alpha value is -0.700. The average molecular weight is 342 g/mol. The second-order valence-electron chi connectivity index (χ2n) is 6.08. The Morgan fingerprint density at radius 3 is 2.73 bits per heavy atom. The van der Waals surface area contributed by atoms with Crippen LogP contribution < -0.4 is 10.1 Å². The molecule has 1 N–H and O–H groups in total. The van der Waals surface area contributed by atoms with Gasteiger partial charge in [0.15, 0.2) is 0 Å². The van der Waals surface area contributed by atoms with E-state index in [0.29, 0.717) is 10.0 Å². The molecule has 4 heteroatoms. The zero-order valence-corrected chi connectivity index (χ0v) is 14.9. The minimum absolute atomic E-state index is 0.0878. The van der Waals surface area contributed by atoms with Gasteiger partial charge in [-0.1, -0.05) is 34.9 Å². The number of hydrogen-bond acceptors (Lipinski definition) is 2. The summed E-state index contributed by atoms with van der Waals surface area (Å²) in [5.41, 5.74) is 2.60. The van der Waals surface area contributed by atoms with Gasteiger partial charge in [0.05, 0.1) is 11.1 Å². The van der Waals surface area contributed by atoms with Crippen LogP contribution in [0.1, 0.15) is 51.5 Å². The fourth-order valence-electron chi connectivity index (χ4n) is 2.72. The van der Waals surface area contributed by atoms with E-state index in [2.05, 4.69) is 11.4 Å². The molecular weight excluding hydrogens is 317 g/mol. The molecular formula is C18H25Cl2NO. The lowest BCUT2D eigenvalue weighted by atomic mass is 9.97. The molecule has 0 atom stereocenters. The Labute approximate surface area is 143 Å². The smallest absolute Gasteiger partial charge is 0.142 e. The van der Waals surface area contributed by atoms with Crippen molar-refractivity contribution in [3.63, 3.8) is 0 Å². The van der Waals surface area contributed by atoms with E-state index in [0.717, 1.165) is 30.8 Å². The molecule has 1 aromatic rings. The summed E-state index contributed by atoms with van der Waals surface area (Å²) < 4.78 is 5.84. The van der Waals surface area contributed by atoms with Gasteiger partial charge in [-0.2, -0.15) is 0 Å². The summed E-state index contributed by atoms with van der Waals surface area (Å²) >= 11 is 12.4. The highest BCUT2D eigenvalue weighted by atomic mass is 35.5. The van der Waals surface area contributed by atoms with Crippen LogP contribution in [-0.4, -0.2) is 12.6 Å². The molecule has 0 aromatic heterocycles. The minimum atomic E-state index is 0.0878. The van der Waals surface area contributed by atoms with Crippen molar-refractivity contribution in [3.05, 3.63) is 39.4 Å². The Morgan fingerprint density at radius 2 is 2.05 bits per heavy atom. The molecule has 1 aromatic carbocycles. The molecule has 22 heavy (non-hydrogen) atoms. The molecule has 0 unspecified atom stereocenters. The number of halogens is 2.